The van der Waals surface area contributed by atoms with Crippen LogP contribution >= 0.6 is 0 Å². The molecule has 1 unspecified atom stereocenters. The van der Waals surface area contributed by atoms with E-state index in [4.69, 9.17) is 10.00 Å². The number of β-amino-alcohol motifs (C(OH)–C–C–N with tert-alkyl or cyclic N) is 1. The third-order valence-corrected chi connectivity index (χ3v) is 7.18. The second-order valence-corrected chi connectivity index (χ2v) is 9.20. The fourth-order valence-corrected chi connectivity index (χ4v) is 5.22. The number of aliphatic hydroxyl groups is 1. The molecule has 2 aromatic rings. The van der Waals surface area contributed by atoms with Crippen molar-refractivity contribution in [3.63, 3.8) is 0 Å². The van der Waals surface area contributed by atoms with E-state index >= 15 is 0 Å². The van der Waals surface area contributed by atoms with Gasteiger partial charge < -0.3 is 9.84 Å². The molecular weight excluding hydrogens is 412 g/mol. The van der Waals surface area contributed by atoms with Gasteiger partial charge in [0.15, 0.2) is 0 Å². The van der Waals surface area contributed by atoms with Crippen LogP contribution < -0.4 is 4.74 Å². The Bertz CT molecular complexity index is 981. The first-order chi connectivity index (χ1) is 16.1. The van der Waals surface area contributed by atoms with Crippen LogP contribution in [0.15, 0.2) is 54.6 Å². The summed E-state index contributed by atoms with van der Waals surface area (Å²) >= 11 is 0. The predicted octanol–water partition coefficient (Wildman–Crippen LogP) is 3.32. The topological polar surface area (TPSA) is 83.5 Å². The van der Waals surface area contributed by atoms with Crippen LogP contribution in [0.1, 0.15) is 36.8 Å². The van der Waals surface area contributed by atoms with Gasteiger partial charge in [0.25, 0.3) is 0 Å². The monoisotopic (exact) mass is 444 g/mol. The van der Waals surface area contributed by atoms with Crippen molar-refractivity contribution in [2.24, 2.45) is 0 Å². The van der Waals surface area contributed by atoms with Crippen LogP contribution in [0.2, 0.25) is 0 Å². The molecule has 1 atom stereocenters. The first kappa shape index (κ1) is 23.3. The van der Waals surface area contributed by atoms with Crippen molar-refractivity contribution in [3.05, 3.63) is 65.7 Å². The standard InChI is InChI=1S/C27H32N4O2/c28-18-22-6-4-5-9-26(22)33-20-25(32)19-30-14-16-31(17-15-30)24-10-12-27(21-29,13-11-24)23-7-2-1-3-8-23/h1-9,24-25,32H,10-17,19-20H2/t24-,25?,27-. The van der Waals surface area contributed by atoms with Crippen molar-refractivity contribution >= 4 is 0 Å². The second-order valence-electron chi connectivity index (χ2n) is 9.20. The normalized spacial score (nSPS) is 25.0. The van der Waals surface area contributed by atoms with Crippen LogP contribution in [-0.2, 0) is 5.41 Å². The van der Waals surface area contributed by atoms with Crippen molar-refractivity contribution in [1.82, 2.24) is 9.80 Å². The average Bonchev–Trinajstić information content (AvgIpc) is 2.88. The third kappa shape index (κ3) is 5.54. The summed E-state index contributed by atoms with van der Waals surface area (Å²) in [6.07, 6.45) is 3.34. The maximum Gasteiger partial charge on any atom is 0.137 e. The smallest absolute Gasteiger partial charge is 0.137 e. The van der Waals surface area contributed by atoms with Crippen LogP contribution in [0.4, 0.5) is 0 Å². The lowest BCUT2D eigenvalue weighted by atomic mass is 9.69. The Hall–Kier alpha value is -2.90. The highest BCUT2D eigenvalue weighted by Gasteiger charge is 2.39. The lowest BCUT2D eigenvalue weighted by Gasteiger charge is -2.44. The van der Waals surface area contributed by atoms with Gasteiger partial charge in [0.2, 0.25) is 0 Å². The number of piperazine rings is 1. The molecule has 1 saturated heterocycles. The Labute approximate surface area is 196 Å². The van der Waals surface area contributed by atoms with E-state index in [9.17, 15) is 10.4 Å². The van der Waals surface area contributed by atoms with Gasteiger partial charge in [0.1, 0.15) is 24.5 Å². The molecule has 172 valence electrons. The fourth-order valence-electron chi connectivity index (χ4n) is 5.22. The van der Waals surface area contributed by atoms with Gasteiger partial charge >= 0.3 is 0 Å². The molecule has 1 aliphatic carbocycles. The molecule has 0 spiro atoms. The van der Waals surface area contributed by atoms with E-state index in [1.807, 2.05) is 24.3 Å². The number of hydrogen-bond acceptors (Lipinski definition) is 6. The summed E-state index contributed by atoms with van der Waals surface area (Å²) in [6, 6.07) is 22.6. The molecule has 1 saturated carbocycles. The van der Waals surface area contributed by atoms with Crippen LogP contribution in [0.5, 0.6) is 5.75 Å². The minimum absolute atomic E-state index is 0.178. The number of nitrogens with zero attached hydrogens (tertiary/aromatic N) is 4. The molecule has 0 bridgehead atoms. The number of aliphatic hydroxyl groups excluding tert-OH is 1. The summed E-state index contributed by atoms with van der Waals surface area (Å²) in [4.78, 5) is 4.85. The number of ether oxygens (including phenoxy) is 1. The SMILES string of the molecule is N#Cc1ccccc1OCC(O)CN1CCN([C@H]2CC[C@](C#N)(c3ccccc3)CC2)CC1. The average molecular weight is 445 g/mol. The molecule has 6 heteroatoms. The Kier molecular flexibility index (Phi) is 7.62. The van der Waals surface area contributed by atoms with E-state index in [1.54, 1.807) is 18.2 Å². The maximum atomic E-state index is 10.4. The zero-order valence-corrected chi connectivity index (χ0v) is 19.1. The number of benzene rings is 2. The molecule has 0 aromatic heterocycles. The Morgan fingerprint density at radius 2 is 1.64 bits per heavy atom. The van der Waals surface area contributed by atoms with Gasteiger partial charge in [-0.05, 0) is 43.4 Å². The van der Waals surface area contributed by atoms with Crippen molar-refractivity contribution < 1.29 is 9.84 Å². The fraction of sp³-hybridized carbons (Fsp3) is 0.481. The first-order valence-corrected chi connectivity index (χ1v) is 11.9. The molecule has 0 radical (unpaired) electrons. The zero-order valence-electron chi connectivity index (χ0n) is 19.1. The van der Waals surface area contributed by atoms with Crippen LogP contribution in [0.25, 0.3) is 0 Å². The zero-order chi connectivity index (χ0) is 23.1. The highest BCUT2D eigenvalue weighted by Crippen LogP contribution is 2.40. The van der Waals surface area contributed by atoms with Crippen molar-refractivity contribution in [2.45, 2.75) is 43.2 Å². The lowest BCUT2D eigenvalue weighted by molar-refractivity contribution is 0.0285. The van der Waals surface area contributed by atoms with Gasteiger partial charge in [-0.15, -0.1) is 0 Å². The van der Waals surface area contributed by atoms with Crippen molar-refractivity contribution in [3.8, 4) is 17.9 Å². The summed E-state index contributed by atoms with van der Waals surface area (Å²) in [7, 11) is 0. The largest absolute Gasteiger partial charge is 0.489 e. The predicted molar refractivity (Wildman–Crippen MR) is 127 cm³/mol. The van der Waals surface area contributed by atoms with E-state index in [0.29, 0.717) is 23.9 Å². The van der Waals surface area contributed by atoms with Crippen molar-refractivity contribution in [1.29, 1.82) is 10.5 Å². The Balaban J connectivity index is 1.21. The molecule has 0 amide bonds. The van der Waals surface area contributed by atoms with Crippen LogP contribution in [-0.4, -0.2) is 66.4 Å². The van der Waals surface area contributed by atoms with Gasteiger partial charge in [-0.25, -0.2) is 0 Å². The van der Waals surface area contributed by atoms with Crippen LogP contribution in [0.3, 0.4) is 0 Å². The number of hydrogen-bond donors (Lipinski definition) is 1. The maximum absolute atomic E-state index is 10.4. The molecule has 4 rings (SSSR count). The molecule has 2 fully saturated rings. The van der Waals surface area contributed by atoms with E-state index in [2.05, 4.69) is 34.1 Å². The van der Waals surface area contributed by atoms with Crippen LogP contribution in [0, 0.1) is 22.7 Å². The van der Waals surface area contributed by atoms with Gasteiger partial charge in [-0.1, -0.05) is 42.5 Å². The molecule has 1 N–H and O–H groups in total. The summed E-state index contributed by atoms with van der Waals surface area (Å²) < 4.78 is 5.68. The van der Waals surface area contributed by atoms with Crippen molar-refractivity contribution in [2.75, 3.05) is 39.3 Å². The van der Waals surface area contributed by atoms with E-state index in [0.717, 1.165) is 57.4 Å². The van der Waals surface area contributed by atoms with Gasteiger partial charge in [0, 0.05) is 38.8 Å². The van der Waals surface area contributed by atoms with E-state index < -0.39 is 6.10 Å². The second kappa shape index (κ2) is 10.8. The highest BCUT2D eigenvalue weighted by atomic mass is 16.5. The lowest BCUT2D eigenvalue weighted by Crippen LogP contribution is -2.53. The minimum atomic E-state index is -0.597. The molecule has 1 heterocycles. The van der Waals surface area contributed by atoms with Gasteiger partial charge in [-0.3, -0.25) is 9.80 Å². The quantitative estimate of drug-likeness (QED) is 0.705. The first-order valence-electron chi connectivity index (χ1n) is 11.9. The third-order valence-electron chi connectivity index (χ3n) is 7.18. The number of para-hydroxylation sites is 1. The molecule has 2 aliphatic rings. The molecule has 6 nitrogen and oxygen atoms in total. The molecule has 33 heavy (non-hydrogen) atoms. The summed E-state index contributed by atoms with van der Waals surface area (Å²) in [5, 5.41) is 29.5. The highest BCUT2D eigenvalue weighted by molar-refractivity contribution is 5.42. The summed E-state index contributed by atoms with van der Waals surface area (Å²) in [6.45, 7) is 4.56. The van der Waals surface area contributed by atoms with E-state index in [1.165, 1.54) is 0 Å². The number of nitriles is 2. The van der Waals surface area contributed by atoms with Gasteiger partial charge in [-0.2, -0.15) is 10.5 Å². The Morgan fingerprint density at radius 3 is 2.30 bits per heavy atom. The summed E-state index contributed by atoms with van der Waals surface area (Å²) in [5.41, 5.74) is 1.30. The minimum Gasteiger partial charge on any atom is -0.489 e. The number of rotatable bonds is 7. The molecule has 2 aromatic carbocycles. The summed E-state index contributed by atoms with van der Waals surface area (Å²) in [5.74, 6) is 0.519. The molecule has 1 aliphatic heterocycles. The molecular formula is C27H32N4O2. The van der Waals surface area contributed by atoms with Gasteiger partial charge in [0.05, 0.1) is 17.0 Å². The Morgan fingerprint density at radius 1 is 0.970 bits per heavy atom. The van der Waals surface area contributed by atoms with E-state index in [-0.39, 0.29) is 12.0 Å².